The van der Waals surface area contributed by atoms with E-state index in [0.717, 1.165) is 17.8 Å². The molecule has 0 aliphatic carbocycles. The third kappa shape index (κ3) is 3.17. The Morgan fingerprint density at radius 2 is 1.71 bits per heavy atom. The summed E-state index contributed by atoms with van der Waals surface area (Å²) in [6, 6.07) is 17.9. The molecule has 0 N–H and O–H groups in total. The van der Waals surface area contributed by atoms with Gasteiger partial charge in [0.1, 0.15) is 0 Å². The summed E-state index contributed by atoms with van der Waals surface area (Å²) in [5, 5.41) is 0. The van der Waals surface area contributed by atoms with E-state index < -0.39 is 0 Å². The van der Waals surface area contributed by atoms with Crippen LogP contribution in [0.4, 0.5) is 11.6 Å². The summed E-state index contributed by atoms with van der Waals surface area (Å²) in [5.41, 5.74) is 3.40. The van der Waals surface area contributed by atoms with Crippen LogP contribution in [0.2, 0.25) is 0 Å². The lowest BCUT2D eigenvalue weighted by Crippen LogP contribution is -2.40. The zero-order chi connectivity index (χ0) is 21.7. The molecule has 0 fully saturated rings. The van der Waals surface area contributed by atoms with Gasteiger partial charge in [0, 0.05) is 25.8 Å². The number of imidazole rings is 1. The minimum atomic E-state index is -0.355. The minimum Gasteiger partial charge on any atom is -0.312 e. The first-order valence-electron chi connectivity index (χ1n) is 10.5. The normalized spacial score (nSPS) is 16.0. The van der Waals surface area contributed by atoms with Crippen LogP contribution in [0.15, 0.2) is 64.2 Å². The van der Waals surface area contributed by atoms with E-state index in [1.54, 1.807) is 7.05 Å². The molecule has 5 rings (SSSR count). The Hall–Kier alpha value is -3.61. The molecule has 2 aromatic carbocycles. The van der Waals surface area contributed by atoms with Gasteiger partial charge in [-0.1, -0.05) is 55.0 Å². The van der Waals surface area contributed by atoms with Gasteiger partial charge in [0.15, 0.2) is 11.2 Å². The fourth-order valence-corrected chi connectivity index (χ4v) is 4.35. The van der Waals surface area contributed by atoms with Crippen LogP contribution in [0, 0.1) is 12.8 Å². The Labute approximate surface area is 179 Å². The summed E-state index contributed by atoms with van der Waals surface area (Å²) < 4.78 is 4.78. The van der Waals surface area contributed by atoms with E-state index in [-0.39, 0.29) is 17.8 Å². The summed E-state index contributed by atoms with van der Waals surface area (Å²) in [6.45, 7) is 5.95. The van der Waals surface area contributed by atoms with Crippen molar-refractivity contribution in [3.63, 3.8) is 0 Å². The van der Waals surface area contributed by atoms with Gasteiger partial charge < -0.3 is 9.47 Å². The largest absolute Gasteiger partial charge is 0.332 e. The molecule has 7 heteroatoms. The lowest BCUT2D eigenvalue weighted by molar-refractivity contribution is 0.458. The number of rotatable bonds is 3. The second-order valence-electron chi connectivity index (χ2n) is 8.46. The number of fused-ring (bicyclic) bond motifs is 3. The van der Waals surface area contributed by atoms with Crippen LogP contribution in [0.1, 0.15) is 18.1 Å². The number of aromatic nitrogens is 4. The predicted molar refractivity (Wildman–Crippen MR) is 122 cm³/mol. The van der Waals surface area contributed by atoms with Crippen LogP contribution < -0.4 is 16.1 Å². The number of anilines is 2. The molecular formula is C24H25N5O2. The first-order chi connectivity index (χ1) is 14.9. The Kier molecular flexibility index (Phi) is 4.54. The first kappa shape index (κ1) is 19.4. The summed E-state index contributed by atoms with van der Waals surface area (Å²) in [7, 11) is 1.68. The van der Waals surface area contributed by atoms with Crippen molar-refractivity contribution >= 4 is 22.8 Å². The van der Waals surface area contributed by atoms with Crippen molar-refractivity contribution in [1.29, 1.82) is 0 Å². The third-order valence-electron chi connectivity index (χ3n) is 5.97. The number of hydrogen-bond acceptors (Lipinski definition) is 4. The van der Waals surface area contributed by atoms with Crippen molar-refractivity contribution in [2.45, 2.75) is 26.9 Å². The van der Waals surface area contributed by atoms with Crippen molar-refractivity contribution in [3.05, 3.63) is 86.6 Å². The van der Waals surface area contributed by atoms with Gasteiger partial charge in [-0.05, 0) is 30.5 Å². The summed E-state index contributed by atoms with van der Waals surface area (Å²) in [5.74, 6) is 1.03. The summed E-state index contributed by atoms with van der Waals surface area (Å²) in [4.78, 5) is 33.5. The maximum Gasteiger partial charge on any atom is 0.332 e. The Morgan fingerprint density at radius 1 is 1.00 bits per heavy atom. The Balaban J connectivity index is 1.73. The van der Waals surface area contributed by atoms with Gasteiger partial charge in [-0.15, -0.1) is 0 Å². The van der Waals surface area contributed by atoms with E-state index in [2.05, 4.69) is 43.0 Å². The maximum absolute atomic E-state index is 13.5. The molecule has 4 aromatic rings. The van der Waals surface area contributed by atoms with Gasteiger partial charge >= 0.3 is 5.69 Å². The van der Waals surface area contributed by atoms with Crippen molar-refractivity contribution in [2.75, 3.05) is 11.4 Å². The van der Waals surface area contributed by atoms with E-state index in [4.69, 9.17) is 4.98 Å². The van der Waals surface area contributed by atoms with Crippen molar-refractivity contribution in [2.24, 2.45) is 13.0 Å². The molecule has 0 saturated heterocycles. The molecule has 1 aliphatic rings. The van der Waals surface area contributed by atoms with Crippen LogP contribution in [-0.2, 0) is 20.1 Å². The van der Waals surface area contributed by atoms with E-state index in [9.17, 15) is 9.59 Å². The molecule has 0 unspecified atom stereocenters. The number of benzene rings is 2. The predicted octanol–water partition coefficient (Wildman–Crippen LogP) is 3.04. The minimum absolute atomic E-state index is 0.236. The molecule has 1 aliphatic heterocycles. The van der Waals surface area contributed by atoms with Gasteiger partial charge in [0.25, 0.3) is 5.56 Å². The molecule has 0 amide bonds. The topological polar surface area (TPSA) is 65.1 Å². The average Bonchev–Trinajstić information content (AvgIpc) is 3.15. The van der Waals surface area contributed by atoms with Gasteiger partial charge in [-0.3, -0.25) is 13.9 Å². The van der Waals surface area contributed by atoms with Crippen LogP contribution >= 0.6 is 0 Å². The highest BCUT2D eigenvalue weighted by Gasteiger charge is 2.29. The number of nitrogens with zero attached hydrogens (tertiary/aromatic N) is 5. The van der Waals surface area contributed by atoms with E-state index >= 15 is 0 Å². The van der Waals surface area contributed by atoms with Gasteiger partial charge in [-0.25, -0.2) is 4.79 Å². The highest BCUT2D eigenvalue weighted by atomic mass is 16.2. The van der Waals surface area contributed by atoms with Crippen molar-refractivity contribution in [1.82, 2.24) is 18.7 Å². The highest BCUT2D eigenvalue weighted by Crippen LogP contribution is 2.32. The lowest BCUT2D eigenvalue weighted by Gasteiger charge is -2.33. The van der Waals surface area contributed by atoms with Crippen molar-refractivity contribution in [3.8, 4) is 0 Å². The molecule has 2 aromatic heterocycles. The van der Waals surface area contributed by atoms with Gasteiger partial charge in [0.05, 0.1) is 6.54 Å². The number of aryl methyl sites for hydroxylation is 2. The standard InChI is InChI=1S/C24H25N5O2/c1-16-9-11-19(12-10-16)27-13-17(2)14-28-20-21(25-23(27)28)26(3)24(31)29(22(20)30)15-18-7-5-4-6-8-18/h4-12,17H,13-15H2,1-3H3/t17-/m1/s1. The highest BCUT2D eigenvalue weighted by molar-refractivity contribution is 5.77. The molecule has 31 heavy (non-hydrogen) atoms. The SMILES string of the molecule is Cc1ccc(N2C[C@@H](C)Cn3c2nc2c3c(=O)n(Cc3ccccc3)c(=O)n2C)cc1. The molecular weight excluding hydrogens is 390 g/mol. The zero-order valence-electron chi connectivity index (χ0n) is 17.9. The fourth-order valence-electron chi connectivity index (χ4n) is 4.35. The van der Waals surface area contributed by atoms with Crippen LogP contribution in [-0.4, -0.2) is 25.2 Å². The summed E-state index contributed by atoms with van der Waals surface area (Å²) >= 11 is 0. The number of hydrogen-bond donors (Lipinski definition) is 0. The zero-order valence-corrected chi connectivity index (χ0v) is 17.9. The first-order valence-corrected chi connectivity index (χ1v) is 10.5. The molecule has 7 nitrogen and oxygen atoms in total. The fraction of sp³-hybridized carbons (Fsp3) is 0.292. The van der Waals surface area contributed by atoms with E-state index in [0.29, 0.717) is 29.6 Å². The second-order valence-corrected chi connectivity index (χ2v) is 8.46. The van der Waals surface area contributed by atoms with Crippen LogP contribution in [0.5, 0.6) is 0 Å². The molecule has 0 saturated carbocycles. The van der Waals surface area contributed by atoms with Crippen LogP contribution in [0.25, 0.3) is 11.2 Å². The third-order valence-corrected chi connectivity index (χ3v) is 5.97. The Morgan fingerprint density at radius 3 is 2.42 bits per heavy atom. The smallest absolute Gasteiger partial charge is 0.312 e. The monoisotopic (exact) mass is 415 g/mol. The van der Waals surface area contributed by atoms with Crippen LogP contribution in [0.3, 0.4) is 0 Å². The molecule has 3 heterocycles. The van der Waals surface area contributed by atoms with E-state index in [1.807, 2.05) is 34.9 Å². The van der Waals surface area contributed by atoms with Gasteiger partial charge in [0.2, 0.25) is 5.95 Å². The van der Waals surface area contributed by atoms with Gasteiger partial charge in [-0.2, -0.15) is 4.98 Å². The Bertz CT molecular complexity index is 1380. The molecule has 0 bridgehead atoms. The second kappa shape index (κ2) is 7.27. The summed E-state index contributed by atoms with van der Waals surface area (Å²) in [6.07, 6.45) is 0. The molecule has 0 spiro atoms. The molecule has 0 radical (unpaired) electrons. The molecule has 1 atom stereocenters. The van der Waals surface area contributed by atoms with Crippen molar-refractivity contribution < 1.29 is 0 Å². The average molecular weight is 415 g/mol. The lowest BCUT2D eigenvalue weighted by atomic mass is 10.1. The quantitative estimate of drug-likeness (QED) is 0.516. The molecule has 158 valence electrons. The van der Waals surface area contributed by atoms with E-state index in [1.165, 1.54) is 14.7 Å². The maximum atomic E-state index is 13.5.